The van der Waals surface area contributed by atoms with Gasteiger partial charge in [0.1, 0.15) is 5.75 Å². The number of thiocarbonyl (C=S) groups is 1. The lowest BCUT2D eigenvalue weighted by molar-refractivity contribution is -0.125. The highest BCUT2D eigenvalue weighted by molar-refractivity contribution is 7.80. The molecule has 126 valence electrons. The van der Waals surface area contributed by atoms with Crippen molar-refractivity contribution in [2.45, 2.75) is 33.8 Å². The summed E-state index contributed by atoms with van der Waals surface area (Å²) in [7, 11) is 0. The number of carbonyl (C=O) groups is 1. The van der Waals surface area contributed by atoms with Gasteiger partial charge in [-0.3, -0.25) is 10.1 Å². The molecule has 0 saturated heterocycles. The van der Waals surface area contributed by atoms with Crippen LogP contribution in [0.4, 0.5) is 5.69 Å². The first-order valence-corrected chi connectivity index (χ1v) is 8.19. The first kappa shape index (κ1) is 17.9. The van der Waals surface area contributed by atoms with Crippen LogP contribution in [0.15, 0.2) is 42.5 Å². The average molecular weight is 342 g/mol. The summed E-state index contributed by atoms with van der Waals surface area (Å²) in [6, 6.07) is 13.4. The van der Waals surface area contributed by atoms with Crippen LogP contribution in [-0.2, 0) is 4.79 Å². The van der Waals surface area contributed by atoms with Crippen molar-refractivity contribution in [3.63, 3.8) is 0 Å². The van der Waals surface area contributed by atoms with Crippen LogP contribution in [0.2, 0.25) is 0 Å². The van der Waals surface area contributed by atoms with E-state index in [9.17, 15) is 4.79 Å². The Hall–Kier alpha value is -2.40. The van der Waals surface area contributed by atoms with Crippen LogP contribution >= 0.6 is 12.2 Å². The van der Waals surface area contributed by atoms with Crippen LogP contribution in [0.5, 0.6) is 5.75 Å². The summed E-state index contributed by atoms with van der Waals surface area (Å²) in [5.74, 6) is 0.350. The minimum Gasteiger partial charge on any atom is -0.481 e. The maximum Gasteiger partial charge on any atom is 0.266 e. The molecular weight excluding hydrogens is 320 g/mol. The number of benzene rings is 2. The molecule has 2 aromatic rings. The van der Waals surface area contributed by atoms with Crippen LogP contribution < -0.4 is 15.4 Å². The number of ether oxygens (including phenoxy) is 1. The fourth-order valence-electron chi connectivity index (χ4n) is 2.49. The Bertz CT molecular complexity index is 721. The molecular formula is C19H22N2O2S. The van der Waals surface area contributed by atoms with Crippen LogP contribution in [0, 0.1) is 20.8 Å². The second kappa shape index (κ2) is 7.93. The molecule has 0 aliphatic rings. The van der Waals surface area contributed by atoms with E-state index in [4.69, 9.17) is 17.0 Å². The number of amides is 1. The Labute approximate surface area is 148 Å². The van der Waals surface area contributed by atoms with E-state index in [1.165, 1.54) is 5.56 Å². The van der Waals surface area contributed by atoms with E-state index in [0.717, 1.165) is 16.8 Å². The number of rotatable bonds is 4. The number of hydrogen-bond acceptors (Lipinski definition) is 3. The van der Waals surface area contributed by atoms with Crippen molar-refractivity contribution in [2.24, 2.45) is 0 Å². The molecule has 0 saturated carbocycles. The molecule has 0 spiro atoms. The van der Waals surface area contributed by atoms with Gasteiger partial charge in [-0.05, 0) is 63.2 Å². The normalized spacial score (nSPS) is 11.5. The summed E-state index contributed by atoms with van der Waals surface area (Å²) >= 11 is 5.25. The number of nitrogens with one attached hydrogen (secondary N) is 2. The van der Waals surface area contributed by atoms with Gasteiger partial charge in [0.05, 0.1) is 0 Å². The summed E-state index contributed by atoms with van der Waals surface area (Å²) in [6.07, 6.45) is -0.646. The molecule has 0 radical (unpaired) electrons. The molecule has 2 rings (SSSR count). The number of para-hydroxylation sites is 1. The third kappa shape index (κ3) is 4.80. The first-order valence-electron chi connectivity index (χ1n) is 7.78. The quantitative estimate of drug-likeness (QED) is 0.828. The SMILES string of the molecule is Cc1cc(C)c(NC(=S)NC(=O)C(C)Oc2ccccc2)c(C)c1. The molecule has 0 fully saturated rings. The summed E-state index contributed by atoms with van der Waals surface area (Å²) in [5, 5.41) is 6.04. The third-order valence-corrected chi connectivity index (χ3v) is 3.78. The Kier molecular flexibility index (Phi) is 5.93. The molecule has 5 heteroatoms. The van der Waals surface area contributed by atoms with Gasteiger partial charge in [0.15, 0.2) is 11.2 Å². The van der Waals surface area contributed by atoms with Gasteiger partial charge in [0, 0.05) is 5.69 Å². The summed E-state index contributed by atoms with van der Waals surface area (Å²) < 4.78 is 5.59. The molecule has 2 aromatic carbocycles. The largest absolute Gasteiger partial charge is 0.481 e. The van der Waals surface area contributed by atoms with Crippen LogP contribution in [-0.4, -0.2) is 17.1 Å². The fraction of sp³-hybridized carbons (Fsp3) is 0.263. The van der Waals surface area contributed by atoms with Gasteiger partial charge >= 0.3 is 0 Å². The monoisotopic (exact) mass is 342 g/mol. The second-order valence-corrected chi connectivity index (χ2v) is 6.20. The van der Waals surface area contributed by atoms with Gasteiger partial charge < -0.3 is 10.1 Å². The summed E-state index contributed by atoms with van der Waals surface area (Å²) in [6.45, 7) is 7.75. The standard InChI is InChI=1S/C19H22N2O2S/c1-12-10-13(2)17(14(3)11-12)20-19(24)21-18(22)15(4)23-16-8-6-5-7-9-16/h5-11,15H,1-4H3,(H2,20,21,22,24). The van der Waals surface area contributed by atoms with Crippen molar-refractivity contribution in [3.8, 4) is 5.75 Å². The van der Waals surface area contributed by atoms with Crippen molar-refractivity contribution >= 4 is 28.9 Å². The predicted octanol–water partition coefficient (Wildman–Crippen LogP) is 3.89. The number of carbonyl (C=O) groups excluding carboxylic acids is 1. The number of anilines is 1. The minimum atomic E-state index is -0.646. The van der Waals surface area contributed by atoms with Gasteiger partial charge in [-0.2, -0.15) is 0 Å². The molecule has 2 N–H and O–H groups in total. The van der Waals surface area contributed by atoms with E-state index >= 15 is 0 Å². The lowest BCUT2D eigenvalue weighted by Crippen LogP contribution is -2.42. The topological polar surface area (TPSA) is 50.4 Å². The summed E-state index contributed by atoms with van der Waals surface area (Å²) in [4.78, 5) is 12.2. The molecule has 1 unspecified atom stereocenters. The van der Waals surface area contributed by atoms with E-state index in [0.29, 0.717) is 5.75 Å². The lowest BCUT2D eigenvalue weighted by atomic mass is 10.1. The van der Waals surface area contributed by atoms with Crippen molar-refractivity contribution in [1.82, 2.24) is 5.32 Å². The van der Waals surface area contributed by atoms with Crippen molar-refractivity contribution in [2.75, 3.05) is 5.32 Å². The van der Waals surface area contributed by atoms with E-state index in [1.807, 2.05) is 39.0 Å². The zero-order valence-electron chi connectivity index (χ0n) is 14.3. The molecule has 0 aliphatic carbocycles. The van der Waals surface area contributed by atoms with E-state index in [-0.39, 0.29) is 11.0 Å². The first-order chi connectivity index (χ1) is 11.4. The highest BCUT2D eigenvalue weighted by atomic mass is 32.1. The van der Waals surface area contributed by atoms with E-state index in [2.05, 4.69) is 22.8 Å². The molecule has 1 amide bonds. The molecule has 4 nitrogen and oxygen atoms in total. The van der Waals surface area contributed by atoms with Crippen LogP contribution in [0.1, 0.15) is 23.6 Å². The minimum absolute atomic E-state index is 0.263. The van der Waals surface area contributed by atoms with Gasteiger partial charge in [-0.15, -0.1) is 0 Å². The fourth-order valence-corrected chi connectivity index (χ4v) is 2.69. The van der Waals surface area contributed by atoms with Gasteiger partial charge in [-0.25, -0.2) is 0 Å². The number of hydrogen-bond donors (Lipinski definition) is 2. The van der Waals surface area contributed by atoms with Gasteiger partial charge in [0.2, 0.25) is 0 Å². The zero-order chi connectivity index (χ0) is 17.7. The Balaban J connectivity index is 1.96. The van der Waals surface area contributed by atoms with E-state index < -0.39 is 6.10 Å². The Morgan fingerprint density at radius 1 is 1.08 bits per heavy atom. The highest BCUT2D eigenvalue weighted by Gasteiger charge is 2.16. The smallest absolute Gasteiger partial charge is 0.266 e. The van der Waals surface area contributed by atoms with Crippen LogP contribution in [0.3, 0.4) is 0 Å². The van der Waals surface area contributed by atoms with Gasteiger partial charge in [-0.1, -0.05) is 35.9 Å². The lowest BCUT2D eigenvalue weighted by Gasteiger charge is -2.17. The Morgan fingerprint density at radius 3 is 2.25 bits per heavy atom. The number of aryl methyl sites for hydroxylation is 3. The second-order valence-electron chi connectivity index (χ2n) is 5.79. The summed E-state index contributed by atoms with van der Waals surface area (Å²) in [5.41, 5.74) is 4.27. The molecule has 0 aromatic heterocycles. The molecule has 24 heavy (non-hydrogen) atoms. The third-order valence-electron chi connectivity index (χ3n) is 3.58. The van der Waals surface area contributed by atoms with Crippen molar-refractivity contribution in [3.05, 3.63) is 59.2 Å². The predicted molar refractivity (Wildman–Crippen MR) is 102 cm³/mol. The maximum atomic E-state index is 12.2. The molecule has 0 heterocycles. The van der Waals surface area contributed by atoms with Crippen molar-refractivity contribution in [1.29, 1.82) is 0 Å². The maximum absolute atomic E-state index is 12.2. The molecule has 0 aliphatic heterocycles. The van der Waals surface area contributed by atoms with E-state index in [1.54, 1.807) is 19.1 Å². The van der Waals surface area contributed by atoms with Crippen molar-refractivity contribution < 1.29 is 9.53 Å². The highest BCUT2D eigenvalue weighted by Crippen LogP contribution is 2.21. The van der Waals surface area contributed by atoms with Crippen LogP contribution in [0.25, 0.3) is 0 Å². The zero-order valence-corrected chi connectivity index (χ0v) is 15.2. The van der Waals surface area contributed by atoms with Gasteiger partial charge in [0.25, 0.3) is 5.91 Å². The Morgan fingerprint density at radius 2 is 1.67 bits per heavy atom. The molecule has 1 atom stereocenters. The average Bonchev–Trinajstić information content (AvgIpc) is 2.51. The molecule has 0 bridgehead atoms.